The molecular formula is C19H41N2O4S+. The van der Waals surface area contributed by atoms with Crippen molar-refractivity contribution in [2.24, 2.45) is 0 Å². The second kappa shape index (κ2) is 13.5. The summed E-state index contributed by atoms with van der Waals surface area (Å²) in [5.41, 5.74) is 0. The molecule has 26 heavy (non-hydrogen) atoms. The molecule has 0 rings (SSSR count). The number of carbonyl (C=O) groups excluding carboxylic acids is 1. The molecular weight excluding hydrogens is 352 g/mol. The summed E-state index contributed by atoms with van der Waals surface area (Å²) >= 11 is 0. The highest BCUT2D eigenvalue weighted by molar-refractivity contribution is 7.85. The molecule has 0 aliphatic carbocycles. The highest BCUT2D eigenvalue weighted by atomic mass is 32.2. The molecule has 1 atom stereocenters. The van der Waals surface area contributed by atoms with E-state index in [1.807, 2.05) is 21.0 Å². The van der Waals surface area contributed by atoms with E-state index in [0.29, 0.717) is 23.9 Å². The Morgan fingerprint density at radius 3 is 1.96 bits per heavy atom. The SMILES string of the molecule is CCCCCCCCCCCC(=O)NC(C)[N+](C)(C)CCCS(=O)(=O)O. The van der Waals surface area contributed by atoms with Crippen LogP contribution in [0.1, 0.15) is 84.5 Å². The number of hydrogen-bond donors (Lipinski definition) is 2. The minimum absolute atomic E-state index is 0.0569. The highest BCUT2D eigenvalue weighted by Gasteiger charge is 2.25. The van der Waals surface area contributed by atoms with E-state index in [-0.39, 0.29) is 17.8 Å². The fraction of sp³-hybridized carbons (Fsp3) is 0.947. The minimum Gasteiger partial charge on any atom is -0.309 e. The molecule has 0 saturated heterocycles. The van der Waals surface area contributed by atoms with Crippen LogP contribution in [-0.2, 0) is 14.9 Å². The van der Waals surface area contributed by atoms with E-state index in [4.69, 9.17) is 4.55 Å². The predicted molar refractivity (Wildman–Crippen MR) is 107 cm³/mol. The van der Waals surface area contributed by atoms with Gasteiger partial charge in [0.25, 0.3) is 10.1 Å². The lowest BCUT2D eigenvalue weighted by atomic mass is 10.1. The van der Waals surface area contributed by atoms with Gasteiger partial charge in [-0.3, -0.25) is 9.35 Å². The van der Waals surface area contributed by atoms with Gasteiger partial charge < -0.3 is 9.80 Å². The van der Waals surface area contributed by atoms with Crippen molar-refractivity contribution in [3.63, 3.8) is 0 Å². The normalized spacial score (nSPS) is 13.6. The Balaban J connectivity index is 3.83. The van der Waals surface area contributed by atoms with E-state index in [0.717, 1.165) is 12.8 Å². The lowest BCUT2D eigenvalue weighted by Crippen LogP contribution is -2.56. The van der Waals surface area contributed by atoms with Gasteiger partial charge in [0.15, 0.2) is 6.17 Å². The first-order valence-electron chi connectivity index (χ1n) is 10.2. The fourth-order valence-electron chi connectivity index (χ4n) is 2.92. The zero-order chi connectivity index (χ0) is 20.1. The van der Waals surface area contributed by atoms with Gasteiger partial charge in [-0.05, 0) is 6.42 Å². The van der Waals surface area contributed by atoms with Gasteiger partial charge in [0, 0.05) is 19.8 Å². The minimum atomic E-state index is -3.92. The van der Waals surface area contributed by atoms with E-state index in [9.17, 15) is 13.2 Å². The van der Waals surface area contributed by atoms with Crippen molar-refractivity contribution < 1.29 is 22.2 Å². The quantitative estimate of drug-likeness (QED) is 0.181. The van der Waals surface area contributed by atoms with Crippen LogP contribution >= 0.6 is 0 Å². The molecule has 7 heteroatoms. The van der Waals surface area contributed by atoms with Gasteiger partial charge in [0.1, 0.15) is 0 Å². The summed E-state index contributed by atoms with van der Waals surface area (Å²) in [6.07, 6.45) is 11.9. The van der Waals surface area contributed by atoms with E-state index in [1.165, 1.54) is 44.9 Å². The van der Waals surface area contributed by atoms with Crippen LogP contribution in [0.2, 0.25) is 0 Å². The maximum Gasteiger partial charge on any atom is 0.265 e. The number of unbranched alkanes of at least 4 members (excludes halogenated alkanes) is 8. The van der Waals surface area contributed by atoms with Gasteiger partial charge >= 0.3 is 0 Å². The van der Waals surface area contributed by atoms with Crippen molar-refractivity contribution in [3.8, 4) is 0 Å². The first-order valence-corrected chi connectivity index (χ1v) is 11.8. The number of amides is 1. The van der Waals surface area contributed by atoms with E-state index in [1.54, 1.807) is 0 Å². The van der Waals surface area contributed by atoms with Gasteiger partial charge in [-0.2, -0.15) is 8.42 Å². The zero-order valence-electron chi connectivity index (χ0n) is 17.3. The standard InChI is InChI=1S/C19H40N2O4S/c1-5-6-7-8-9-10-11-12-13-15-19(22)20-18(2)21(3,4)16-14-17-26(23,24)25/h18H,5-17H2,1-4H3,(H-,20,22,23,24,25)/p+1. The molecule has 0 bridgehead atoms. The number of rotatable bonds is 16. The summed E-state index contributed by atoms with van der Waals surface area (Å²) in [5, 5.41) is 3.01. The summed E-state index contributed by atoms with van der Waals surface area (Å²) in [6.45, 7) is 4.73. The van der Waals surface area contributed by atoms with Crippen molar-refractivity contribution in [1.82, 2.24) is 5.32 Å². The monoisotopic (exact) mass is 393 g/mol. The van der Waals surface area contributed by atoms with Crippen molar-refractivity contribution >= 4 is 16.0 Å². The summed E-state index contributed by atoms with van der Waals surface area (Å²) in [5.74, 6) is -0.185. The Kier molecular flexibility index (Phi) is 13.2. The molecule has 0 radical (unpaired) electrons. The van der Waals surface area contributed by atoms with Crippen molar-refractivity contribution in [3.05, 3.63) is 0 Å². The first-order chi connectivity index (χ1) is 12.1. The number of nitrogens with zero attached hydrogens (tertiary/aromatic N) is 1. The van der Waals surface area contributed by atoms with E-state index >= 15 is 0 Å². The van der Waals surface area contributed by atoms with Crippen molar-refractivity contribution in [2.75, 3.05) is 26.4 Å². The molecule has 0 heterocycles. The molecule has 0 aliphatic rings. The third kappa shape index (κ3) is 14.5. The fourth-order valence-corrected chi connectivity index (χ4v) is 3.42. The number of carbonyl (C=O) groups is 1. The van der Waals surface area contributed by atoms with Crippen LogP contribution in [0.5, 0.6) is 0 Å². The average molecular weight is 394 g/mol. The largest absolute Gasteiger partial charge is 0.309 e. The number of hydrogen-bond acceptors (Lipinski definition) is 3. The summed E-state index contributed by atoms with van der Waals surface area (Å²) in [4.78, 5) is 12.1. The number of nitrogens with one attached hydrogen (secondary N) is 1. The summed E-state index contributed by atoms with van der Waals surface area (Å²) < 4.78 is 30.9. The molecule has 6 nitrogen and oxygen atoms in total. The van der Waals surface area contributed by atoms with Gasteiger partial charge in [-0.25, -0.2) is 0 Å². The van der Waals surface area contributed by atoms with Gasteiger partial charge in [0.05, 0.1) is 26.4 Å². The molecule has 1 unspecified atom stereocenters. The number of quaternary nitrogens is 1. The molecule has 0 aromatic heterocycles. The molecule has 1 amide bonds. The summed E-state index contributed by atoms with van der Waals surface area (Å²) in [7, 11) is -0.0156. The molecule has 2 N–H and O–H groups in total. The molecule has 0 saturated carbocycles. The highest BCUT2D eigenvalue weighted by Crippen LogP contribution is 2.11. The second-order valence-electron chi connectivity index (χ2n) is 7.96. The van der Waals surface area contributed by atoms with Crippen LogP contribution in [-0.4, -0.2) is 55.9 Å². The molecule has 0 aliphatic heterocycles. The topological polar surface area (TPSA) is 83.5 Å². The van der Waals surface area contributed by atoms with Crippen LogP contribution < -0.4 is 5.32 Å². The summed E-state index contributed by atoms with van der Waals surface area (Å²) in [6, 6.07) is 0. The maximum atomic E-state index is 12.1. The first kappa shape index (κ1) is 25.3. The zero-order valence-corrected chi connectivity index (χ0v) is 18.1. The van der Waals surface area contributed by atoms with E-state index < -0.39 is 10.1 Å². The van der Waals surface area contributed by atoms with Crippen molar-refractivity contribution in [1.29, 1.82) is 0 Å². The lowest BCUT2D eigenvalue weighted by molar-refractivity contribution is -0.915. The molecule has 0 aromatic rings. The van der Waals surface area contributed by atoms with E-state index in [2.05, 4.69) is 12.2 Å². The van der Waals surface area contributed by atoms with Crippen LogP contribution in [0.25, 0.3) is 0 Å². The Morgan fingerprint density at radius 1 is 0.962 bits per heavy atom. The maximum absolute atomic E-state index is 12.1. The molecule has 0 aromatic carbocycles. The third-order valence-corrected chi connectivity index (χ3v) is 5.87. The van der Waals surface area contributed by atoms with Gasteiger partial charge in [-0.15, -0.1) is 0 Å². The molecule has 0 spiro atoms. The third-order valence-electron chi connectivity index (χ3n) is 5.06. The molecule has 156 valence electrons. The molecule has 0 fully saturated rings. The second-order valence-corrected chi connectivity index (χ2v) is 9.54. The Morgan fingerprint density at radius 2 is 1.46 bits per heavy atom. The van der Waals surface area contributed by atoms with Gasteiger partial charge in [0.2, 0.25) is 5.91 Å². The van der Waals surface area contributed by atoms with Crippen molar-refractivity contribution in [2.45, 2.75) is 90.6 Å². The smallest absolute Gasteiger partial charge is 0.265 e. The van der Waals surface area contributed by atoms with Gasteiger partial charge in [-0.1, -0.05) is 58.3 Å². The Labute approximate surface area is 161 Å². The average Bonchev–Trinajstić information content (AvgIpc) is 2.51. The lowest BCUT2D eigenvalue weighted by Gasteiger charge is -2.36. The predicted octanol–water partition coefficient (Wildman–Crippen LogP) is 3.72. The van der Waals surface area contributed by atoms with Crippen LogP contribution in [0.4, 0.5) is 0 Å². The van der Waals surface area contributed by atoms with Crippen LogP contribution in [0.15, 0.2) is 0 Å². The Bertz CT molecular complexity index is 478. The van der Waals surface area contributed by atoms with Crippen LogP contribution in [0.3, 0.4) is 0 Å². The van der Waals surface area contributed by atoms with Crippen LogP contribution in [0, 0.1) is 0 Å². The Hall–Kier alpha value is -0.660.